The second-order valence-corrected chi connectivity index (χ2v) is 5.32. The first kappa shape index (κ1) is 9.64. The van der Waals surface area contributed by atoms with Crippen molar-refractivity contribution in [3.8, 4) is 0 Å². The molecule has 0 aromatic rings. The fourth-order valence-corrected chi connectivity index (χ4v) is 3.41. The van der Waals surface area contributed by atoms with Crippen molar-refractivity contribution in [2.24, 2.45) is 5.92 Å². The Kier molecular flexibility index (Phi) is 2.43. The van der Waals surface area contributed by atoms with Gasteiger partial charge in [0.15, 0.2) is 0 Å². The molecule has 2 bridgehead atoms. The number of hydrogen-bond acceptors (Lipinski definition) is 2. The molecule has 84 valence electrons. The molecule has 2 saturated heterocycles. The third kappa shape index (κ3) is 1.67. The van der Waals surface area contributed by atoms with Crippen molar-refractivity contribution in [1.29, 1.82) is 0 Å². The van der Waals surface area contributed by atoms with Crippen molar-refractivity contribution in [1.82, 2.24) is 10.2 Å². The molecule has 2 heterocycles. The summed E-state index contributed by atoms with van der Waals surface area (Å²) in [5.41, 5.74) is 0. The number of hydrogen-bond donors (Lipinski definition) is 1. The number of fused-ring (bicyclic) bond motifs is 2. The highest BCUT2D eigenvalue weighted by Crippen LogP contribution is 2.30. The van der Waals surface area contributed by atoms with Crippen LogP contribution in [0.25, 0.3) is 0 Å². The topological polar surface area (TPSA) is 32.3 Å². The lowest BCUT2D eigenvalue weighted by Gasteiger charge is -2.32. The van der Waals surface area contributed by atoms with Gasteiger partial charge in [-0.25, -0.2) is 0 Å². The molecule has 0 spiro atoms. The normalized spacial score (nSPS) is 36.1. The third-order valence-corrected chi connectivity index (χ3v) is 4.29. The Morgan fingerprint density at radius 1 is 1.20 bits per heavy atom. The number of rotatable bonds is 1. The SMILES string of the molecule is O=C(C1CCCCC1)N1CC2CC1CN2. The highest BCUT2D eigenvalue weighted by Gasteiger charge is 2.41. The van der Waals surface area contributed by atoms with E-state index < -0.39 is 0 Å². The van der Waals surface area contributed by atoms with Crippen molar-refractivity contribution >= 4 is 5.91 Å². The summed E-state index contributed by atoms with van der Waals surface area (Å²) in [5.74, 6) is 0.821. The van der Waals surface area contributed by atoms with Crippen LogP contribution in [0.15, 0.2) is 0 Å². The van der Waals surface area contributed by atoms with Gasteiger partial charge >= 0.3 is 0 Å². The minimum Gasteiger partial charge on any atom is -0.337 e. The molecule has 3 heteroatoms. The molecular formula is C12H20N2O. The molecule has 3 fully saturated rings. The van der Waals surface area contributed by atoms with E-state index in [1.807, 2.05) is 0 Å². The average molecular weight is 208 g/mol. The summed E-state index contributed by atoms with van der Waals surface area (Å²) in [7, 11) is 0. The van der Waals surface area contributed by atoms with E-state index in [0.717, 1.165) is 25.9 Å². The molecule has 2 unspecified atom stereocenters. The molecule has 1 amide bonds. The molecule has 3 rings (SSSR count). The fraction of sp³-hybridized carbons (Fsp3) is 0.917. The van der Waals surface area contributed by atoms with Gasteiger partial charge in [0.1, 0.15) is 0 Å². The summed E-state index contributed by atoms with van der Waals surface area (Å²) in [6.45, 7) is 2.00. The Morgan fingerprint density at radius 2 is 2.00 bits per heavy atom. The van der Waals surface area contributed by atoms with E-state index in [4.69, 9.17) is 0 Å². The zero-order valence-electron chi connectivity index (χ0n) is 9.24. The predicted molar refractivity (Wildman–Crippen MR) is 58.5 cm³/mol. The van der Waals surface area contributed by atoms with E-state index >= 15 is 0 Å². The summed E-state index contributed by atoms with van der Waals surface area (Å²) in [5, 5.41) is 3.45. The zero-order chi connectivity index (χ0) is 10.3. The van der Waals surface area contributed by atoms with E-state index in [0.29, 0.717) is 23.9 Å². The molecule has 0 radical (unpaired) electrons. The molecule has 3 nitrogen and oxygen atoms in total. The maximum absolute atomic E-state index is 12.3. The van der Waals surface area contributed by atoms with E-state index in [2.05, 4.69) is 10.2 Å². The van der Waals surface area contributed by atoms with Crippen LogP contribution in [-0.2, 0) is 4.79 Å². The summed E-state index contributed by atoms with van der Waals surface area (Å²) in [6, 6.07) is 1.12. The van der Waals surface area contributed by atoms with Gasteiger partial charge in [0.25, 0.3) is 0 Å². The number of nitrogens with one attached hydrogen (secondary N) is 1. The summed E-state index contributed by atoms with van der Waals surface area (Å²) < 4.78 is 0. The minimum atomic E-state index is 0.359. The first-order valence-corrected chi connectivity index (χ1v) is 6.38. The van der Waals surface area contributed by atoms with Crippen LogP contribution in [-0.4, -0.2) is 36.0 Å². The smallest absolute Gasteiger partial charge is 0.226 e. The quantitative estimate of drug-likeness (QED) is 0.701. The highest BCUT2D eigenvalue weighted by atomic mass is 16.2. The Bertz CT molecular complexity index is 260. The molecule has 1 N–H and O–H groups in total. The number of piperazine rings is 1. The van der Waals surface area contributed by atoms with Gasteiger partial charge in [0.2, 0.25) is 5.91 Å². The molecule has 1 aliphatic carbocycles. The van der Waals surface area contributed by atoms with E-state index in [1.165, 1.54) is 25.7 Å². The lowest BCUT2D eigenvalue weighted by molar-refractivity contribution is -0.137. The average Bonchev–Trinajstić information content (AvgIpc) is 2.91. The monoisotopic (exact) mass is 208 g/mol. The zero-order valence-corrected chi connectivity index (χ0v) is 9.24. The molecule has 2 aliphatic heterocycles. The second kappa shape index (κ2) is 3.78. The highest BCUT2D eigenvalue weighted by molar-refractivity contribution is 5.79. The molecule has 15 heavy (non-hydrogen) atoms. The van der Waals surface area contributed by atoms with Gasteiger partial charge in [0.05, 0.1) is 0 Å². The van der Waals surface area contributed by atoms with E-state index in [9.17, 15) is 4.79 Å². The van der Waals surface area contributed by atoms with Crippen LogP contribution in [0.1, 0.15) is 38.5 Å². The minimum absolute atomic E-state index is 0.359. The summed E-state index contributed by atoms with van der Waals surface area (Å²) in [4.78, 5) is 14.5. The molecule has 3 aliphatic rings. The van der Waals surface area contributed by atoms with Gasteiger partial charge in [-0.05, 0) is 19.3 Å². The number of carbonyl (C=O) groups excluding carboxylic acids is 1. The van der Waals surface area contributed by atoms with Gasteiger partial charge in [-0.1, -0.05) is 19.3 Å². The number of amides is 1. The maximum Gasteiger partial charge on any atom is 0.226 e. The predicted octanol–water partition coefficient (Wildman–Crippen LogP) is 1.14. The molecule has 2 atom stereocenters. The Morgan fingerprint density at radius 3 is 2.60 bits per heavy atom. The van der Waals surface area contributed by atoms with Gasteiger partial charge in [-0.3, -0.25) is 4.79 Å². The Labute approximate surface area is 91.2 Å². The van der Waals surface area contributed by atoms with Crippen LogP contribution in [0.4, 0.5) is 0 Å². The Hall–Kier alpha value is -0.570. The third-order valence-electron chi connectivity index (χ3n) is 4.29. The molecular weight excluding hydrogens is 188 g/mol. The number of nitrogens with zero attached hydrogens (tertiary/aromatic N) is 1. The molecule has 0 aromatic carbocycles. The van der Waals surface area contributed by atoms with Crippen LogP contribution in [0, 0.1) is 5.92 Å². The van der Waals surface area contributed by atoms with Crippen LogP contribution in [0.5, 0.6) is 0 Å². The van der Waals surface area contributed by atoms with Crippen molar-refractivity contribution < 1.29 is 4.79 Å². The van der Waals surface area contributed by atoms with Crippen LogP contribution in [0.2, 0.25) is 0 Å². The van der Waals surface area contributed by atoms with E-state index in [-0.39, 0.29) is 0 Å². The van der Waals surface area contributed by atoms with Crippen molar-refractivity contribution in [2.45, 2.75) is 50.6 Å². The first-order chi connectivity index (χ1) is 7.34. The van der Waals surface area contributed by atoms with Crippen LogP contribution < -0.4 is 5.32 Å². The van der Waals surface area contributed by atoms with Gasteiger partial charge < -0.3 is 10.2 Å². The largest absolute Gasteiger partial charge is 0.337 e. The van der Waals surface area contributed by atoms with E-state index in [1.54, 1.807) is 0 Å². The lowest BCUT2D eigenvalue weighted by atomic mass is 9.88. The van der Waals surface area contributed by atoms with Gasteiger partial charge in [-0.15, -0.1) is 0 Å². The molecule has 1 saturated carbocycles. The van der Waals surface area contributed by atoms with Crippen LogP contribution >= 0.6 is 0 Å². The van der Waals surface area contributed by atoms with Gasteiger partial charge in [0, 0.05) is 31.1 Å². The number of carbonyl (C=O) groups is 1. The standard InChI is InChI=1S/C12H20N2O/c15-12(9-4-2-1-3-5-9)14-8-10-6-11(14)7-13-10/h9-11,13H,1-8H2. The van der Waals surface area contributed by atoms with Crippen molar-refractivity contribution in [3.05, 3.63) is 0 Å². The Balaban J connectivity index is 1.64. The van der Waals surface area contributed by atoms with Crippen LogP contribution in [0.3, 0.4) is 0 Å². The summed E-state index contributed by atoms with van der Waals surface area (Å²) >= 11 is 0. The lowest BCUT2D eigenvalue weighted by Crippen LogP contribution is -2.48. The van der Waals surface area contributed by atoms with Gasteiger partial charge in [-0.2, -0.15) is 0 Å². The van der Waals surface area contributed by atoms with Crippen molar-refractivity contribution in [3.63, 3.8) is 0 Å². The van der Waals surface area contributed by atoms with Crippen molar-refractivity contribution in [2.75, 3.05) is 13.1 Å². The summed E-state index contributed by atoms with van der Waals surface area (Å²) in [6.07, 6.45) is 7.32. The fourth-order valence-electron chi connectivity index (χ4n) is 3.41. The number of likely N-dealkylation sites (tertiary alicyclic amines) is 1. The second-order valence-electron chi connectivity index (χ2n) is 5.32. The first-order valence-electron chi connectivity index (χ1n) is 6.38. The maximum atomic E-state index is 12.3. The molecule has 0 aromatic heterocycles.